The van der Waals surface area contributed by atoms with Crippen molar-refractivity contribution in [1.82, 2.24) is 9.78 Å². The van der Waals surface area contributed by atoms with Crippen LogP contribution in [0, 0.1) is 0 Å². The molecule has 2 aromatic heterocycles. The summed E-state index contributed by atoms with van der Waals surface area (Å²) in [5.41, 5.74) is -0.132. The number of rotatable bonds is 3. The highest BCUT2D eigenvalue weighted by Crippen LogP contribution is 2.44. The Morgan fingerprint density at radius 2 is 2.25 bits per heavy atom. The summed E-state index contributed by atoms with van der Waals surface area (Å²) in [4.78, 5) is 12.7. The third-order valence-corrected chi connectivity index (χ3v) is 4.61. The molecule has 0 unspecified atom stereocenters. The number of aromatic nitrogens is 2. The zero-order valence-electron chi connectivity index (χ0n) is 13.0. The number of hydrogen-bond donors (Lipinski definition) is 1. The van der Waals surface area contributed by atoms with Crippen molar-refractivity contribution in [2.45, 2.75) is 44.6 Å². The Hall–Kier alpha value is -2.03. The number of carbonyl (C=O) groups is 1. The van der Waals surface area contributed by atoms with Crippen molar-refractivity contribution < 1.29 is 22.7 Å². The number of nitrogens with one attached hydrogen (secondary N) is 1. The minimum Gasteiger partial charge on any atom is -0.458 e. The molecule has 2 aromatic rings. The van der Waals surface area contributed by atoms with Crippen LogP contribution < -0.4 is 5.32 Å². The second-order valence-electron chi connectivity index (χ2n) is 5.82. The molecule has 0 bridgehead atoms. The third kappa shape index (κ3) is 3.26. The molecule has 0 radical (unpaired) electrons. The van der Waals surface area contributed by atoms with Gasteiger partial charge in [0.25, 0.3) is 0 Å². The van der Waals surface area contributed by atoms with E-state index in [4.69, 9.17) is 4.74 Å². The Labute approximate surface area is 140 Å². The average molecular weight is 359 g/mol. The predicted octanol–water partition coefficient (Wildman–Crippen LogP) is 4.17. The second-order valence-corrected chi connectivity index (χ2v) is 6.80. The van der Waals surface area contributed by atoms with E-state index in [1.807, 2.05) is 5.38 Å². The highest BCUT2D eigenvalue weighted by Gasteiger charge is 2.47. The molecule has 1 N–H and O–H groups in total. The zero-order valence-corrected chi connectivity index (χ0v) is 13.8. The van der Waals surface area contributed by atoms with E-state index in [1.54, 1.807) is 26.0 Å². The van der Waals surface area contributed by atoms with Crippen LogP contribution in [0.3, 0.4) is 0 Å². The van der Waals surface area contributed by atoms with Gasteiger partial charge in [-0.15, -0.1) is 11.3 Å². The SMILES string of the molecule is CC(C)OC(=O)c1cc2n(n1)[C@@H](C(F)(F)F)C[C@@H](c1cccs1)N2. The van der Waals surface area contributed by atoms with Crippen LogP contribution in [-0.4, -0.2) is 28.0 Å². The summed E-state index contributed by atoms with van der Waals surface area (Å²) in [5.74, 6) is -0.569. The number of alkyl halides is 3. The molecule has 2 atom stereocenters. The van der Waals surface area contributed by atoms with E-state index >= 15 is 0 Å². The van der Waals surface area contributed by atoms with Crippen LogP contribution in [0.25, 0.3) is 0 Å². The fraction of sp³-hybridized carbons (Fsp3) is 0.467. The summed E-state index contributed by atoms with van der Waals surface area (Å²) in [6.45, 7) is 3.33. The van der Waals surface area contributed by atoms with E-state index in [9.17, 15) is 18.0 Å². The molecule has 0 saturated heterocycles. The first kappa shape index (κ1) is 16.8. The molecule has 130 valence electrons. The van der Waals surface area contributed by atoms with Crippen LogP contribution in [0.1, 0.15) is 47.7 Å². The summed E-state index contributed by atoms with van der Waals surface area (Å²) in [6, 6.07) is 2.62. The van der Waals surface area contributed by atoms with Crippen LogP contribution in [-0.2, 0) is 4.74 Å². The van der Waals surface area contributed by atoms with Gasteiger partial charge in [-0.05, 0) is 25.3 Å². The minimum absolute atomic E-state index is 0.132. The molecule has 0 saturated carbocycles. The first-order valence-corrected chi connectivity index (χ1v) is 8.31. The van der Waals surface area contributed by atoms with Crippen LogP contribution >= 0.6 is 11.3 Å². The molecule has 0 aromatic carbocycles. The lowest BCUT2D eigenvalue weighted by atomic mass is 10.0. The highest BCUT2D eigenvalue weighted by atomic mass is 32.1. The number of thiophene rings is 1. The molecular formula is C15H16F3N3O2S. The number of carbonyl (C=O) groups excluding carboxylic acids is 1. The van der Waals surface area contributed by atoms with Gasteiger partial charge in [0.15, 0.2) is 11.7 Å². The summed E-state index contributed by atoms with van der Waals surface area (Å²) < 4.78 is 46.2. The maximum Gasteiger partial charge on any atom is 0.410 e. The molecule has 0 spiro atoms. The van der Waals surface area contributed by atoms with Crippen LogP contribution in [0.5, 0.6) is 0 Å². The number of halogens is 3. The van der Waals surface area contributed by atoms with Gasteiger partial charge in [0.05, 0.1) is 12.1 Å². The molecule has 1 aliphatic rings. The van der Waals surface area contributed by atoms with Crippen molar-refractivity contribution in [2.24, 2.45) is 0 Å². The number of nitrogens with zero attached hydrogens (tertiary/aromatic N) is 2. The molecule has 24 heavy (non-hydrogen) atoms. The second kappa shape index (κ2) is 6.12. The lowest BCUT2D eigenvalue weighted by molar-refractivity contribution is -0.173. The van der Waals surface area contributed by atoms with Gasteiger partial charge >= 0.3 is 12.1 Å². The molecule has 1 aliphatic heterocycles. The van der Waals surface area contributed by atoms with E-state index in [1.165, 1.54) is 17.4 Å². The van der Waals surface area contributed by atoms with Crippen molar-refractivity contribution in [3.8, 4) is 0 Å². The maximum atomic E-state index is 13.5. The van der Waals surface area contributed by atoms with Gasteiger partial charge in [0, 0.05) is 17.4 Å². The Kier molecular flexibility index (Phi) is 4.29. The molecule has 5 nitrogen and oxygen atoms in total. The highest BCUT2D eigenvalue weighted by molar-refractivity contribution is 7.10. The van der Waals surface area contributed by atoms with E-state index < -0.39 is 24.2 Å². The summed E-state index contributed by atoms with van der Waals surface area (Å²) in [5, 5.41) is 8.68. The normalized spacial score (nSPS) is 20.6. The first-order chi connectivity index (χ1) is 11.3. The van der Waals surface area contributed by atoms with Crippen LogP contribution in [0.15, 0.2) is 23.6 Å². The van der Waals surface area contributed by atoms with E-state index in [0.29, 0.717) is 0 Å². The number of anilines is 1. The van der Waals surface area contributed by atoms with Gasteiger partial charge in [0.2, 0.25) is 0 Å². The molecule has 0 aliphatic carbocycles. The number of fused-ring (bicyclic) bond motifs is 1. The minimum atomic E-state index is -4.46. The van der Waals surface area contributed by atoms with Crippen LogP contribution in [0.2, 0.25) is 0 Å². The molecular weight excluding hydrogens is 343 g/mol. The molecule has 0 amide bonds. The largest absolute Gasteiger partial charge is 0.458 e. The standard InChI is InChI=1S/C15H16F3N3O2S/c1-8(2)23-14(22)10-7-13-19-9(11-4-3-5-24-11)6-12(15(16,17)18)21(13)20-10/h3-5,7-9,12,19H,6H2,1-2H3/t9-,12+/m0/s1. The number of ether oxygens (including phenoxy) is 1. The van der Waals surface area contributed by atoms with Gasteiger partial charge in [-0.1, -0.05) is 6.07 Å². The van der Waals surface area contributed by atoms with Crippen molar-refractivity contribution in [3.63, 3.8) is 0 Å². The number of esters is 1. The van der Waals surface area contributed by atoms with Gasteiger partial charge in [-0.25, -0.2) is 9.48 Å². The van der Waals surface area contributed by atoms with Gasteiger partial charge in [-0.3, -0.25) is 0 Å². The third-order valence-electron chi connectivity index (χ3n) is 3.63. The summed E-state index contributed by atoms with van der Waals surface area (Å²) in [7, 11) is 0. The van der Waals surface area contributed by atoms with E-state index in [2.05, 4.69) is 10.4 Å². The Morgan fingerprint density at radius 3 is 2.83 bits per heavy atom. The topological polar surface area (TPSA) is 56.2 Å². The van der Waals surface area contributed by atoms with Crippen molar-refractivity contribution in [2.75, 3.05) is 5.32 Å². The quantitative estimate of drug-likeness (QED) is 0.836. The van der Waals surface area contributed by atoms with E-state index in [0.717, 1.165) is 9.56 Å². The first-order valence-electron chi connectivity index (χ1n) is 7.43. The number of hydrogen-bond acceptors (Lipinski definition) is 5. The molecule has 3 heterocycles. The Balaban J connectivity index is 1.95. The van der Waals surface area contributed by atoms with Crippen molar-refractivity contribution in [3.05, 3.63) is 34.2 Å². The fourth-order valence-electron chi connectivity index (χ4n) is 2.62. The molecule has 3 rings (SSSR count). The van der Waals surface area contributed by atoms with Gasteiger partial charge in [-0.2, -0.15) is 18.3 Å². The zero-order chi connectivity index (χ0) is 17.5. The Morgan fingerprint density at radius 1 is 1.50 bits per heavy atom. The summed E-state index contributed by atoms with van der Waals surface area (Å²) in [6.07, 6.45) is -5.02. The molecule has 9 heteroatoms. The lowest BCUT2D eigenvalue weighted by Crippen LogP contribution is -2.35. The van der Waals surface area contributed by atoms with Gasteiger partial charge < -0.3 is 10.1 Å². The van der Waals surface area contributed by atoms with Crippen molar-refractivity contribution >= 4 is 23.1 Å². The van der Waals surface area contributed by atoms with Crippen molar-refractivity contribution in [1.29, 1.82) is 0 Å². The van der Waals surface area contributed by atoms with E-state index in [-0.39, 0.29) is 24.0 Å². The monoisotopic (exact) mass is 359 g/mol. The predicted molar refractivity (Wildman–Crippen MR) is 83.2 cm³/mol. The van der Waals surface area contributed by atoms with Crippen LogP contribution in [0.4, 0.5) is 19.0 Å². The summed E-state index contributed by atoms with van der Waals surface area (Å²) >= 11 is 1.39. The maximum absolute atomic E-state index is 13.5. The molecule has 0 fully saturated rings. The van der Waals surface area contributed by atoms with Gasteiger partial charge in [0.1, 0.15) is 5.82 Å². The fourth-order valence-corrected chi connectivity index (χ4v) is 3.41. The smallest absolute Gasteiger partial charge is 0.410 e. The average Bonchev–Trinajstić information content (AvgIpc) is 3.13. The Bertz CT molecular complexity index is 725. The lowest BCUT2D eigenvalue weighted by Gasteiger charge is -2.32.